The lowest BCUT2D eigenvalue weighted by atomic mass is 9.84. The maximum absolute atomic E-state index is 5.64. The summed E-state index contributed by atoms with van der Waals surface area (Å²) in [6, 6.07) is 13.6. The molecule has 2 N–H and O–H groups in total. The number of ether oxygens (including phenoxy) is 2. The zero-order valence-corrected chi connectivity index (χ0v) is 16.7. The molecule has 0 saturated carbocycles. The fraction of sp³-hybridized carbons (Fsp3) is 0.300. The van der Waals surface area contributed by atoms with Gasteiger partial charge in [-0.15, -0.1) is 12.4 Å². The molecule has 0 amide bonds. The van der Waals surface area contributed by atoms with Gasteiger partial charge in [-0.1, -0.05) is 35.5 Å². The molecule has 3 rings (SSSR count). The Hall–Kier alpha value is -2.57. The van der Waals surface area contributed by atoms with Gasteiger partial charge in [-0.25, -0.2) is 0 Å². The van der Waals surface area contributed by atoms with Crippen LogP contribution < -0.4 is 15.2 Å². The van der Waals surface area contributed by atoms with Crippen LogP contribution in [0.5, 0.6) is 11.5 Å². The number of hydrogen-bond donors (Lipinski definition) is 1. The first-order valence-electron chi connectivity index (χ1n) is 8.35. The Morgan fingerprint density at radius 3 is 2.26 bits per heavy atom. The van der Waals surface area contributed by atoms with E-state index in [1.54, 1.807) is 14.2 Å². The Morgan fingerprint density at radius 2 is 1.67 bits per heavy atom. The molecule has 0 saturated heterocycles. The zero-order chi connectivity index (χ0) is 18.7. The third-order valence-electron chi connectivity index (χ3n) is 4.51. The van der Waals surface area contributed by atoms with Crippen LogP contribution in [-0.4, -0.2) is 24.4 Å². The molecule has 27 heavy (non-hydrogen) atoms. The average Bonchev–Trinajstić information content (AvgIpc) is 3.18. The van der Waals surface area contributed by atoms with Crippen molar-refractivity contribution in [3.8, 4) is 22.9 Å². The average molecular weight is 390 g/mol. The maximum Gasteiger partial charge on any atom is 0.237 e. The quantitative estimate of drug-likeness (QED) is 0.687. The molecule has 1 heterocycles. The molecule has 144 valence electrons. The van der Waals surface area contributed by atoms with E-state index in [0.717, 1.165) is 16.7 Å². The predicted octanol–water partition coefficient (Wildman–Crippen LogP) is 3.96. The van der Waals surface area contributed by atoms with Crippen LogP contribution in [0.1, 0.15) is 30.9 Å². The lowest BCUT2D eigenvalue weighted by Crippen LogP contribution is -2.19. The molecule has 0 radical (unpaired) electrons. The van der Waals surface area contributed by atoms with Gasteiger partial charge < -0.3 is 19.7 Å². The van der Waals surface area contributed by atoms with E-state index in [4.69, 9.17) is 19.7 Å². The molecular formula is C20H24ClN3O3. The van der Waals surface area contributed by atoms with Crippen LogP contribution in [0.25, 0.3) is 11.4 Å². The summed E-state index contributed by atoms with van der Waals surface area (Å²) in [6.07, 6.45) is 0. The van der Waals surface area contributed by atoms with Gasteiger partial charge in [0.15, 0.2) is 11.5 Å². The van der Waals surface area contributed by atoms with Gasteiger partial charge in [-0.05, 0) is 37.1 Å². The van der Waals surface area contributed by atoms with Crippen molar-refractivity contribution in [2.24, 2.45) is 5.73 Å². The number of benzene rings is 2. The van der Waals surface area contributed by atoms with Gasteiger partial charge in [-0.2, -0.15) is 4.98 Å². The summed E-state index contributed by atoms with van der Waals surface area (Å²) in [5.41, 5.74) is 8.09. The third kappa shape index (κ3) is 4.07. The van der Waals surface area contributed by atoms with Crippen molar-refractivity contribution in [1.29, 1.82) is 0 Å². The molecule has 0 atom stereocenters. The normalized spacial score (nSPS) is 11.0. The Balaban J connectivity index is 0.00000261. The molecular weight excluding hydrogens is 366 g/mol. The first kappa shape index (κ1) is 20.7. The molecule has 0 unspecified atom stereocenters. The van der Waals surface area contributed by atoms with Gasteiger partial charge in [0.1, 0.15) is 0 Å². The van der Waals surface area contributed by atoms with Crippen molar-refractivity contribution in [1.82, 2.24) is 10.1 Å². The smallest absolute Gasteiger partial charge is 0.237 e. The van der Waals surface area contributed by atoms with E-state index < -0.39 is 5.41 Å². The molecule has 0 aliphatic heterocycles. The van der Waals surface area contributed by atoms with Gasteiger partial charge >= 0.3 is 0 Å². The Labute approximate surface area is 165 Å². The number of methoxy groups -OCH3 is 2. The number of nitrogens with zero attached hydrogens (tertiary/aromatic N) is 2. The van der Waals surface area contributed by atoms with Crippen molar-refractivity contribution >= 4 is 12.4 Å². The lowest BCUT2D eigenvalue weighted by molar-refractivity contribution is 0.329. The Kier molecular flexibility index (Phi) is 6.46. The lowest BCUT2D eigenvalue weighted by Gasteiger charge is -2.21. The first-order valence-corrected chi connectivity index (χ1v) is 8.35. The minimum absolute atomic E-state index is 0. The molecule has 1 aromatic heterocycles. The van der Waals surface area contributed by atoms with Crippen LogP contribution in [0.4, 0.5) is 0 Å². The second kappa shape index (κ2) is 8.41. The van der Waals surface area contributed by atoms with E-state index in [1.807, 2.05) is 56.3 Å². The molecule has 3 aromatic rings. The number of rotatable bonds is 6. The fourth-order valence-corrected chi connectivity index (χ4v) is 2.73. The van der Waals surface area contributed by atoms with Crippen LogP contribution in [0, 0.1) is 0 Å². The summed E-state index contributed by atoms with van der Waals surface area (Å²) >= 11 is 0. The third-order valence-corrected chi connectivity index (χ3v) is 4.51. The van der Waals surface area contributed by atoms with E-state index in [9.17, 15) is 0 Å². The molecule has 0 fully saturated rings. The number of halogens is 1. The van der Waals surface area contributed by atoms with E-state index in [2.05, 4.69) is 10.1 Å². The predicted molar refractivity (Wildman–Crippen MR) is 107 cm³/mol. The highest BCUT2D eigenvalue weighted by Gasteiger charge is 2.31. The second-order valence-electron chi connectivity index (χ2n) is 6.52. The molecule has 6 nitrogen and oxygen atoms in total. The summed E-state index contributed by atoms with van der Waals surface area (Å²) in [5, 5.41) is 4.14. The Bertz CT molecular complexity index is 892. The highest BCUT2D eigenvalue weighted by molar-refractivity contribution is 5.85. The summed E-state index contributed by atoms with van der Waals surface area (Å²) in [7, 11) is 3.23. The highest BCUT2D eigenvalue weighted by atomic mass is 35.5. The summed E-state index contributed by atoms with van der Waals surface area (Å²) in [5.74, 6) is 2.42. The van der Waals surface area contributed by atoms with Gasteiger partial charge in [0, 0.05) is 12.1 Å². The van der Waals surface area contributed by atoms with E-state index in [-0.39, 0.29) is 12.4 Å². The second-order valence-corrected chi connectivity index (χ2v) is 6.52. The molecule has 2 aromatic carbocycles. The van der Waals surface area contributed by atoms with Crippen molar-refractivity contribution < 1.29 is 14.0 Å². The topological polar surface area (TPSA) is 83.4 Å². The van der Waals surface area contributed by atoms with Crippen LogP contribution in [0.3, 0.4) is 0 Å². The van der Waals surface area contributed by atoms with Crippen molar-refractivity contribution in [3.63, 3.8) is 0 Å². The van der Waals surface area contributed by atoms with Crippen molar-refractivity contribution in [3.05, 3.63) is 59.5 Å². The van der Waals surface area contributed by atoms with Crippen LogP contribution in [-0.2, 0) is 12.0 Å². The van der Waals surface area contributed by atoms with Crippen LogP contribution >= 0.6 is 12.4 Å². The first-order chi connectivity index (χ1) is 12.5. The van der Waals surface area contributed by atoms with Gasteiger partial charge in [0.25, 0.3) is 0 Å². The van der Waals surface area contributed by atoms with E-state index in [0.29, 0.717) is 29.8 Å². The number of hydrogen-bond acceptors (Lipinski definition) is 6. The maximum atomic E-state index is 5.64. The molecule has 0 spiro atoms. The Morgan fingerprint density at radius 1 is 1.00 bits per heavy atom. The molecule has 0 bridgehead atoms. The summed E-state index contributed by atoms with van der Waals surface area (Å²) < 4.78 is 16.3. The molecule has 0 aliphatic rings. The minimum Gasteiger partial charge on any atom is -0.493 e. The van der Waals surface area contributed by atoms with Crippen molar-refractivity contribution in [2.45, 2.75) is 25.8 Å². The minimum atomic E-state index is -0.484. The largest absolute Gasteiger partial charge is 0.493 e. The zero-order valence-electron chi connectivity index (χ0n) is 15.9. The van der Waals surface area contributed by atoms with E-state index in [1.165, 1.54) is 0 Å². The van der Waals surface area contributed by atoms with Gasteiger partial charge in [0.05, 0.1) is 19.6 Å². The number of aromatic nitrogens is 2. The standard InChI is InChI=1S/C20H23N3O3.ClH/c1-20(2,15-9-10-16(24-3)17(11-15)25-4)19-22-18(23-26-19)14-7-5-13(12-21)6-8-14;/h5-11H,12,21H2,1-4H3;1H. The SMILES string of the molecule is COc1ccc(C(C)(C)c2nc(-c3ccc(CN)cc3)no2)cc1OC.Cl. The highest BCUT2D eigenvalue weighted by Crippen LogP contribution is 2.36. The van der Waals surface area contributed by atoms with Crippen molar-refractivity contribution in [2.75, 3.05) is 14.2 Å². The summed E-state index contributed by atoms with van der Waals surface area (Å²) in [6.45, 7) is 4.57. The van der Waals surface area contributed by atoms with Crippen LogP contribution in [0.15, 0.2) is 47.0 Å². The fourth-order valence-electron chi connectivity index (χ4n) is 2.73. The van der Waals surface area contributed by atoms with Crippen LogP contribution in [0.2, 0.25) is 0 Å². The molecule has 0 aliphatic carbocycles. The van der Waals surface area contributed by atoms with Gasteiger partial charge in [-0.3, -0.25) is 0 Å². The number of nitrogens with two attached hydrogens (primary N) is 1. The monoisotopic (exact) mass is 389 g/mol. The van der Waals surface area contributed by atoms with Gasteiger partial charge in [0.2, 0.25) is 11.7 Å². The molecule has 7 heteroatoms. The van der Waals surface area contributed by atoms with E-state index >= 15 is 0 Å². The summed E-state index contributed by atoms with van der Waals surface area (Å²) in [4.78, 5) is 4.60.